The average molecular weight is 241 g/mol. The van der Waals surface area contributed by atoms with E-state index in [2.05, 4.69) is 71.4 Å². The van der Waals surface area contributed by atoms with Gasteiger partial charge in [-0.2, -0.15) is 0 Å². The Morgan fingerprint density at radius 2 is 1.58 bits per heavy atom. The van der Waals surface area contributed by atoms with Crippen molar-refractivity contribution in [3.05, 3.63) is 71.8 Å². The number of aromatic nitrogens is 1. The Kier molecular flexibility index (Phi) is 1.52. The van der Waals surface area contributed by atoms with Gasteiger partial charge >= 0.3 is 0 Å². The highest BCUT2D eigenvalue weighted by atomic mass is 15.0. The number of allylic oxidation sites excluding steroid dienone is 3. The third-order valence-electron chi connectivity index (χ3n) is 4.04. The number of rotatable bonds is 0. The van der Waals surface area contributed by atoms with Crippen LogP contribution in [0.1, 0.15) is 5.56 Å². The summed E-state index contributed by atoms with van der Waals surface area (Å²) in [4.78, 5) is 0. The zero-order valence-electron chi connectivity index (χ0n) is 10.3. The van der Waals surface area contributed by atoms with Crippen molar-refractivity contribution in [2.75, 3.05) is 0 Å². The van der Waals surface area contributed by atoms with E-state index in [1.807, 2.05) is 0 Å². The van der Waals surface area contributed by atoms with E-state index in [0.717, 1.165) is 0 Å². The molecule has 19 heavy (non-hydrogen) atoms. The Morgan fingerprint density at radius 3 is 2.53 bits per heavy atom. The summed E-state index contributed by atoms with van der Waals surface area (Å²) in [6, 6.07) is 19.5. The van der Waals surface area contributed by atoms with Gasteiger partial charge in [0.25, 0.3) is 0 Å². The molecular weight excluding hydrogens is 230 g/mol. The van der Waals surface area contributed by atoms with Crippen molar-refractivity contribution in [1.29, 1.82) is 0 Å². The molecular formula is C18H11N. The van der Waals surface area contributed by atoms with Gasteiger partial charge in [-0.05, 0) is 34.9 Å². The van der Waals surface area contributed by atoms with Gasteiger partial charge in [-0.15, -0.1) is 0 Å². The molecule has 0 amide bonds. The third kappa shape index (κ3) is 1.14. The first-order chi connectivity index (χ1) is 9.42. The highest BCUT2D eigenvalue weighted by Gasteiger charge is 2.26. The smallest absolute Gasteiger partial charge is 0.0541 e. The molecule has 0 unspecified atom stereocenters. The summed E-state index contributed by atoms with van der Waals surface area (Å²) in [6.45, 7) is 0. The first-order valence-electron chi connectivity index (χ1n) is 6.55. The molecule has 88 valence electrons. The van der Waals surface area contributed by atoms with Gasteiger partial charge in [0.2, 0.25) is 0 Å². The minimum atomic E-state index is 1.28. The van der Waals surface area contributed by atoms with Crippen LogP contribution in [-0.2, 0) is 0 Å². The fourth-order valence-electron chi connectivity index (χ4n) is 3.06. The maximum atomic E-state index is 2.32. The number of para-hydroxylation sites is 1. The Balaban J connectivity index is 1.98. The quantitative estimate of drug-likeness (QED) is 0.543. The van der Waals surface area contributed by atoms with Gasteiger partial charge in [0.1, 0.15) is 0 Å². The monoisotopic (exact) mass is 241 g/mol. The molecule has 3 aromatic rings. The van der Waals surface area contributed by atoms with Gasteiger partial charge in [-0.25, -0.2) is 0 Å². The molecule has 1 nitrogen and oxygen atoms in total. The normalized spacial score (nSPS) is 14.9. The van der Waals surface area contributed by atoms with Crippen molar-refractivity contribution >= 4 is 22.7 Å². The minimum absolute atomic E-state index is 1.28. The second-order valence-corrected chi connectivity index (χ2v) is 5.15. The van der Waals surface area contributed by atoms with Gasteiger partial charge in [-0.1, -0.05) is 42.5 Å². The van der Waals surface area contributed by atoms with E-state index < -0.39 is 0 Å². The molecule has 0 radical (unpaired) electrons. The number of nitrogens with zero attached hydrogens (tertiary/aromatic N) is 1. The van der Waals surface area contributed by atoms with E-state index in [1.54, 1.807) is 0 Å². The predicted molar refractivity (Wildman–Crippen MR) is 79.6 cm³/mol. The lowest BCUT2D eigenvalue weighted by Gasteiger charge is -2.06. The van der Waals surface area contributed by atoms with Gasteiger partial charge in [0.05, 0.1) is 11.2 Å². The van der Waals surface area contributed by atoms with Crippen LogP contribution in [0, 0.1) is 0 Å². The van der Waals surface area contributed by atoms with Crippen molar-refractivity contribution in [1.82, 2.24) is 4.57 Å². The molecule has 2 heterocycles. The maximum Gasteiger partial charge on any atom is 0.0541 e. The SMILES string of the molecule is C1=C2C=C2c2ccccc2-c2cc3ccccc3n21. The fraction of sp³-hybridized carbons (Fsp3) is 0. The summed E-state index contributed by atoms with van der Waals surface area (Å²) in [5, 5.41) is 1.30. The van der Waals surface area contributed by atoms with Crippen LogP contribution in [0.4, 0.5) is 0 Å². The summed E-state index contributed by atoms with van der Waals surface area (Å²) in [7, 11) is 0. The lowest BCUT2D eigenvalue weighted by molar-refractivity contribution is 1.23. The Bertz CT molecular complexity index is 906. The molecule has 0 atom stereocenters. The van der Waals surface area contributed by atoms with Crippen LogP contribution in [0.3, 0.4) is 0 Å². The average Bonchev–Trinajstić information content (AvgIpc) is 3.15. The van der Waals surface area contributed by atoms with Crippen LogP contribution >= 0.6 is 0 Å². The van der Waals surface area contributed by atoms with Crippen LogP contribution in [0.2, 0.25) is 0 Å². The molecule has 2 aliphatic rings. The summed E-state index contributed by atoms with van der Waals surface area (Å²) >= 11 is 0. The summed E-state index contributed by atoms with van der Waals surface area (Å²) in [5.74, 6) is 0. The van der Waals surface area contributed by atoms with Gasteiger partial charge < -0.3 is 4.57 Å². The molecule has 0 saturated heterocycles. The maximum absolute atomic E-state index is 2.32. The second-order valence-electron chi connectivity index (χ2n) is 5.15. The molecule has 2 aromatic carbocycles. The predicted octanol–water partition coefficient (Wildman–Crippen LogP) is 4.56. The van der Waals surface area contributed by atoms with Crippen molar-refractivity contribution < 1.29 is 0 Å². The largest absolute Gasteiger partial charge is 0.315 e. The van der Waals surface area contributed by atoms with Crippen molar-refractivity contribution in [3.63, 3.8) is 0 Å². The van der Waals surface area contributed by atoms with E-state index in [9.17, 15) is 0 Å². The van der Waals surface area contributed by atoms with E-state index in [0.29, 0.717) is 0 Å². The topological polar surface area (TPSA) is 4.93 Å². The zero-order valence-corrected chi connectivity index (χ0v) is 10.3. The Morgan fingerprint density at radius 1 is 0.789 bits per heavy atom. The highest BCUT2D eigenvalue weighted by molar-refractivity contribution is 6.07. The molecule has 0 bridgehead atoms. The summed E-state index contributed by atoms with van der Waals surface area (Å²) in [6.07, 6.45) is 4.52. The summed E-state index contributed by atoms with van der Waals surface area (Å²) in [5.41, 5.74) is 8.00. The van der Waals surface area contributed by atoms with Crippen molar-refractivity contribution in [2.24, 2.45) is 0 Å². The van der Waals surface area contributed by atoms with Crippen LogP contribution in [0.15, 0.2) is 66.2 Å². The van der Waals surface area contributed by atoms with Crippen molar-refractivity contribution in [2.45, 2.75) is 0 Å². The van der Waals surface area contributed by atoms with Crippen LogP contribution in [0.5, 0.6) is 0 Å². The number of hydrogen-bond acceptors (Lipinski definition) is 0. The van der Waals surface area contributed by atoms with Gasteiger partial charge in [-0.3, -0.25) is 0 Å². The third-order valence-corrected chi connectivity index (χ3v) is 4.04. The van der Waals surface area contributed by atoms with E-state index in [1.165, 1.54) is 38.9 Å². The van der Waals surface area contributed by atoms with E-state index >= 15 is 0 Å². The lowest BCUT2D eigenvalue weighted by atomic mass is 10.0. The standard InChI is InChI=1S/C18H11N/c1-4-8-17-12(5-1)10-18-15-7-3-2-6-14(15)16-9-13(16)11-19(17)18/h1-11H. The first-order valence-corrected chi connectivity index (χ1v) is 6.55. The van der Waals surface area contributed by atoms with Gasteiger partial charge in [0.15, 0.2) is 0 Å². The zero-order chi connectivity index (χ0) is 12.4. The van der Waals surface area contributed by atoms with E-state index in [-0.39, 0.29) is 0 Å². The molecule has 0 saturated carbocycles. The lowest BCUT2D eigenvalue weighted by Crippen LogP contribution is -1.90. The molecule has 1 heteroatoms. The first kappa shape index (κ1) is 9.40. The van der Waals surface area contributed by atoms with Crippen molar-refractivity contribution in [3.8, 4) is 11.3 Å². The van der Waals surface area contributed by atoms with E-state index in [4.69, 9.17) is 0 Å². The minimum Gasteiger partial charge on any atom is -0.315 e. The molecule has 0 N–H and O–H groups in total. The Hall–Kier alpha value is -2.54. The highest BCUT2D eigenvalue weighted by Crippen LogP contribution is 2.46. The van der Waals surface area contributed by atoms with Crippen LogP contribution in [-0.4, -0.2) is 4.57 Å². The number of benzene rings is 2. The van der Waals surface area contributed by atoms with Crippen LogP contribution < -0.4 is 0 Å². The van der Waals surface area contributed by atoms with Crippen LogP contribution in [0.25, 0.3) is 33.9 Å². The Labute approximate surface area is 111 Å². The second kappa shape index (κ2) is 3.07. The molecule has 1 aliphatic carbocycles. The number of fused-ring (bicyclic) bond motifs is 7. The molecule has 1 aliphatic heterocycles. The molecule has 5 rings (SSSR count). The molecule has 1 aromatic heterocycles. The molecule has 0 fully saturated rings. The molecule has 0 spiro atoms. The van der Waals surface area contributed by atoms with Gasteiger partial charge in [0, 0.05) is 17.1 Å². The number of hydrogen-bond donors (Lipinski definition) is 0. The fourth-order valence-corrected chi connectivity index (χ4v) is 3.06. The summed E-state index contributed by atoms with van der Waals surface area (Å²) < 4.78 is 2.32.